The average molecular weight is 315 g/mol. The quantitative estimate of drug-likeness (QED) is 0.878. The summed E-state index contributed by atoms with van der Waals surface area (Å²) in [5.74, 6) is 0.345. The Morgan fingerprint density at radius 1 is 1.09 bits per heavy atom. The first-order chi connectivity index (χ1) is 10.3. The summed E-state index contributed by atoms with van der Waals surface area (Å²) < 4.78 is 0. The highest BCUT2D eigenvalue weighted by Crippen LogP contribution is 2.20. The molecule has 0 saturated heterocycles. The summed E-state index contributed by atoms with van der Waals surface area (Å²) in [6, 6.07) is 12.0. The van der Waals surface area contributed by atoms with Gasteiger partial charge in [-0.1, -0.05) is 41.6 Å². The Bertz CT molecular complexity index is 630. The fourth-order valence-electron chi connectivity index (χ4n) is 1.87. The number of benzene rings is 1. The Labute approximate surface area is 135 Å². The van der Waals surface area contributed by atoms with E-state index in [0.717, 1.165) is 16.3 Å². The summed E-state index contributed by atoms with van der Waals surface area (Å²) in [7, 11) is 0. The van der Waals surface area contributed by atoms with Crippen LogP contribution < -0.4 is 5.32 Å². The van der Waals surface area contributed by atoms with Gasteiger partial charge in [-0.2, -0.15) is 0 Å². The van der Waals surface area contributed by atoms with Crippen LogP contribution in [0.25, 0.3) is 11.3 Å². The Kier molecular flexibility index (Phi) is 5.19. The number of rotatable bonds is 4. The van der Waals surface area contributed by atoms with Crippen molar-refractivity contribution in [3.63, 3.8) is 0 Å². The van der Waals surface area contributed by atoms with Crippen molar-refractivity contribution in [3.8, 4) is 11.3 Å². The van der Waals surface area contributed by atoms with Crippen molar-refractivity contribution >= 4 is 17.7 Å². The highest BCUT2D eigenvalue weighted by atomic mass is 32.2. The molecule has 0 saturated carbocycles. The highest BCUT2D eigenvalue weighted by Gasteiger charge is 2.14. The number of nitrogens with zero attached hydrogens (tertiary/aromatic N) is 2. The van der Waals surface area contributed by atoms with Gasteiger partial charge in [-0.05, 0) is 39.8 Å². The van der Waals surface area contributed by atoms with Crippen molar-refractivity contribution in [1.82, 2.24) is 15.5 Å². The molecule has 1 aromatic carbocycles. The first-order valence-corrected chi connectivity index (χ1v) is 8.17. The first kappa shape index (κ1) is 16.5. The van der Waals surface area contributed by atoms with Crippen molar-refractivity contribution in [2.75, 3.05) is 5.75 Å². The molecule has 2 aromatic rings. The van der Waals surface area contributed by atoms with E-state index in [-0.39, 0.29) is 11.4 Å². The summed E-state index contributed by atoms with van der Waals surface area (Å²) in [6.07, 6.45) is 0. The molecular formula is C17H21N3OS. The molecule has 0 aliphatic heterocycles. The lowest BCUT2D eigenvalue weighted by Gasteiger charge is -2.20. The van der Waals surface area contributed by atoms with Gasteiger partial charge < -0.3 is 5.32 Å². The second-order valence-electron chi connectivity index (χ2n) is 6.21. The topological polar surface area (TPSA) is 54.9 Å². The minimum Gasteiger partial charge on any atom is -0.351 e. The molecule has 0 fully saturated rings. The van der Waals surface area contributed by atoms with Crippen LogP contribution in [-0.4, -0.2) is 27.4 Å². The summed E-state index contributed by atoms with van der Waals surface area (Å²) >= 11 is 1.39. The van der Waals surface area contributed by atoms with E-state index in [4.69, 9.17) is 0 Å². The Morgan fingerprint density at radius 3 is 2.32 bits per heavy atom. The molecule has 0 aliphatic rings. The molecular weight excluding hydrogens is 294 g/mol. The SMILES string of the molecule is Cc1ccc(-c2ccc(SCC(=O)NC(C)(C)C)nn2)cc1. The second kappa shape index (κ2) is 6.92. The van der Waals surface area contributed by atoms with E-state index < -0.39 is 0 Å². The number of thioether (sulfide) groups is 1. The van der Waals surface area contributed by atoms with Crippen LogP contribution in [0.2, 0.25) is 0 Å². The molecule has 0 atom stereocenters. The molecule has 4 nitrogen and oxygen atoms in total. The molecule has 2 rings (SSSR count). The molecule has 116 valence electrons. The second-order valence-corrected chi connectivity index (χ2v) is 7.21. The van der Waals surface area contributed by atoms with Crippen molar-refractivity contribution in [2.24, 2.45) is 0 Å². The molecule has 0 radical (unpaired) electrons. The average Bonchev–Trinajstić information content (AvgIpc) is 2.45. The number of aryl methyl sites for hydroxylation is 1. The van der Waals surface area contributed by atoms with Crippen molar-refractivity contribution < 1.29 is 4.79 Å². The third-order valence-electron chi connectivity index (χ3n) is 2.85. The van der Waals surface area contributed by atoms with Crippen LogP contribution >= 0.6 is 11.8 Å². The molecule has 0 bridgehead atoms. The standard InChI is InChI=1S/C17H21N3OS/c1-12-5-7-13(8-6-12)14-9-10-16(20-19-14)22-11-15(21)18-17(2,3)4/h5-10H,11H2,1-4H3,(H,18,21). The number of hydrogen-bond acceptors (Lipinski definition) is 4. The highest BCUT2D eigenvalue weighted by molar-refractivity contribution is 7.99. The molecule has 1 amide bonds. The van der Waals surface area contributed by atoms with Gasteiger partial charge in [-0.25, -0.2) is 0 Å². The van der Waals surface area contributed by atoms with E-state index >= 15 is 0 Å². The normalized spacial score (nSPS) is 11.3. The van der Waals surface area contributed by atoms with Gasteiger partial charge in [0.2, 0.25) is 5.91 Å². The molecule has 22 heavy (non-hydrogen) atoms. The summed E-state index contributed by atoms with van der Waals surface area (Å²) in [5.41, 5.74) is 2.89. The lowest BCUT2D eigenvalue weighted by atomic mass is 10.1. The number of carbonyl (C=O) groups is 1. The Hall–Kier alpha value is -1.88. The molecule has 0 unspecified atom stereocenters. The molecule has 1 N–H and O–H groups in total. The number of amides is 1. The predicted octanol–water partition coefficient (Wildman–Crippen LogP) is 3.46. The minimum atomic E-state index is -0.210. The summed E-state index contributed by atoms with van der Waals surface area (Å²) in [4.78, 5) is 11.8. The summed E-state index contributed by atoms with van der Waals surface area (Å²) in [6.45, 7) is 7.95. The zero-order valence-electron chi connectivity index (χ0n) is 13.4. The molecule has 5 heteroatoms. The minimum absolute atomic E-state index is 0.00177. The zero-order valence-corrected chi connectivity index (χ0v) is 14.2. The van der Waals surface area contributed by atoms with E-state index in [1.807, 2.05) is 45.0 Å². The van der Waals surface area contributed by atoms with Gasteiger partial charge in [0.05, 0.1) is 11.4 Å². The fourth-order valence-corrected chi connectivity index (χ4v) is 2.48. The van der Waals surface area contributed by atoms with E-state index in [0.29, 0.717) is 5.75 Å². The lowest BCUT2D eigenvalue weighted by molar-refractivity contribution is -0.119. The van der Waals surface area contributed by atoms with E-state index in [2.05, 4.69) is 34.6 Å². The lowest BCUT2D eigenvalue weighted by Crippen LogP contribution is -2.41. The third kappa shape index (κ3) is 5.15. The summed E-state index contributed by atoms with van der Waals surface area (Å²) in [5, 5.41) is 12.1. The molecule has 0 spiro atoms. The van der Waals surface area contributed by atoms with Gasteiger partial charge in [-0.3, -0.25) is 4.79 Å². The number of hydrogen-bond donors (Lipinski definition) is 1. The fraction of sp³-hybridized carbons (Fsp3) is 0.353. The number of aromatic nitrogens is 2. The van der Waals surface area contributed by atoms with Gasteiger partial charge in [0.1, 0.15) is 5.03 Å². The van der Waals surface area contributed by atoms with E-state index in [9.17, 15) is 4.79 Å². The number of carbonyl (C=O) groups excluding carboxylic acids is 1. The van der Waals surface area contributed by atoms with Crippen LogP contribution in [-0.2, 0) is 4.79 Å². The maximum Gasteiger partial charge on any atom is 0.230 e. The Balaban J connectivity index is 1.95. The largest absolute Gasteiger partial charge is 0.351 e. The predicted molar refractivity (Wildman–Crippen MR) is 90.8 cm³/mol. The van der Waals surface area contributed by atoms with Gasteiger partial charge in [-0.15, -0.1) is 10.2 Å². The van der Waals surface area contributed by atoms with Crippen molar-refractivity contribution in [3.05, 3.63) is 42.0 Å². The first-order valence-electron chi connectivity index (χ1n) is 7.18. The van der Waals surface area contributed by atoms with E-state index in [1.54, 1.807) is 0 Å². The van der Waals surface area contributed by atoms with Crippen LogP contribution in [0.15, 0.2) is 41.4 Å². The van der Waals surface area contributed by atoms with Gasteiger partial charge in [0, 0.05) is 11.1 Å². The van der Waals surface area contributed by atoms with Gasteiger partial charge >= 0.3 is 0 Å². The number of nitrogens with one attached hydrogen (secondary N) is 1. The molecule has 1 heterocycles. The van der Waals surface area contributed by atoms with Crippen molar-refractivity contribution in [2.45, 2.75) is 38.3 Å². The maximum absolute atomic E-state index is 11.8. The smallest absolute Gasteiger partial charge is 0.230 e. The van der Waals surface area contributed by atoms with E-state index in [1.165, 1.54) is 17.3 Å². The zero-order chi connectivity index (χ0) is 16.2. The van der Waals surface area contributed by atoms with Crippen LogP contribution in [0.1, 0.15) is 26.3 Å². The molecule has 0 aliphatic carbocycles. The maximum atomic E-state index is 11.8. The Morgan fingerprint density at radius 2 is 1.77 bits per heavy atom. The van der Waals surface area contributed by atoms with Crippen LogP contribution in [0, 0.1) is 6.92 Å². The van der Waals surface area contributed by atoms with Gasteiger partial charge in [0.15, 0.2) is 0 Å². The molecule has 1 aromatic heterocycles. The van der Waals surface area contributed by atoms with Crippen molar-refractivity contribution in [1.29, 1.82) is 0 Å². The van der Waals surface area contributed by atoms with Crippen LogP contribution in [0.4, 0.5) is 0 Å². The van der Waals surface area contributed by atoms with Crippen LogP contribution in [0.3, 0.4) is 0 Å². The van der Waals surface area contributed by atoms with Crippen LogP contribution in [0.5, 0.6) is 0 Å². The van der Waals surface area contributed by atoms with Gasteiger partial charge in [0.25, 0.3) is 0 Å². The third-order valence-corrected chi connectivity index (χ3v) is 3.77. The monoisotopic (exact) mass is 315 g/mol.